The van der Waals surface area contributed by atoms with Crippen molar-refractivity contribution < 1.29 is 4.74 Å². The number of hydrogen-bond acceptors (Lipinski definition) is 5. The summed E-state index contributed by atoms with van der Waals surface area (Å²) in [4.78, 5) is 4.41. The number of guanidine groups is 1. The van der Waals surface area contributed by atoms with Gasteiger partial charge in [0.1, 0.15) is 15.8 Å². The highest BCUT2D eigenvalue weighted by Crippen LogP contribution is 2.31. The van der Waals surface area contributed by atoms with E-state index in [4.69, 9.17) is 10.5 Å². The van der Waals surface area contributed by atoms with Gasteiger partial charge >= 0.3 is 0 Å². The van der Waals surface area contributed by atoms with Crippen LogP contribution in [0.5, 0.6) is 5.75 Å². The highest BCUT2D eigenvalue weighted by atomic mass is 32.1. The molecule has 128 valence electrons. The van der Waals surface area contributed by atoms with E-state index in [1.807, 2.05) is 18.2 Å². The van der Waals surface area contributed by atoms with Gasteiger partial charge in [0.25, 0.3) is 0 Å². The Bertz CT molecular complexity index is 735. The molecule has 0 fully saturated rings. The molecule has 0 bridgehead atoms. The molecule has 0 saturated heterocycles. The van der Waals surface area contributed by atoms with E-state index in [2.05, 4.69) is 47.3 Å². The Kier molecular flexibility index (Phi) is 4.71. The molecule has 2 heterocycles. The third kappa shape index (κ3) is 3.84. The van der Waals surface area contributed by atoms with Crippen molar-refractivity contribution in [2.75, 3.05) is 6.61 Å². The van der Waals surface area contributed by atoms with Crippen LogP contribution in [0.2, 0.25) is 0 Å². The first kappa shape index (κ1) is 16.7. The van der Waals surface area contributed by atoms with Gasteiger partial charge in [-0.2, -0.15) is 0 Å². The fraction of sp³-hybridized carbons (Fsp3) is 0.471. The third-order valence-corrected chi connectivity index (χ3v) is 5.11. The molecule has 0 spiro atoms. The summed E-state index contributed by atoms with van der Waals surface area (Å²) in [5, 5.41) is 13.6. The number of benzene rings is 1. The van der Waals surface area contributed by atoms with Crippen LogP contribution in [0.25, 0.3) is 0 Å². The summed E-state index contributed by atoms with van der Waals surface area (Å²) in [5.41, 5.74) is 7.18. The molecule has 1 aromatic heterocycles. The molecule has 1 atom stereocenters. The Hall–Kier alpha value is -2.15. The zero-order valence-corrected chi connectivity index (χ0v) is 15.1. The zero-order valence-electron chi connectivity index (χ0n) is 14.2. The van der Waals surface area contributed by atoms with Gasteiger partial charge in [-0.15, -0.1) is 10.2 Å². The van der Waals surface area contributed by atoms with E-state index in [0.29, 0.717) is 19.1 Å². The molecule has 2 aromatic rings. The van der Waals surface area contributed by atoms with E-state index in [0.717, 1.165) is 27.7 Å². The quantitative estimate of drug-likeness (QED) is 0.660. The lowest BCUT2D eigenvalue weighted by Gasteiger charge is -2.26. The third-order valence-electron chi connectivity index (χ3n) is 3.77. The Morgan fingerprint density at radius 3 is 2.92 bits per heavy atom. The summed E-state index contributed by atoms with van der Waals surface area (Å²) in [6.45, 7) is 7.49. The zero-order chi connectivity index (χ0) is 17.2. The normalized spacial score (nSPS) is 18.0. The second-order valence-electron chi connectivity index (χ2n) is 6.82. The lowest BCUT2D eigenvalue weighted by Crippen LogP contribution is -2.37. The number of para-hydroxylation sites is 1. The first-order chi connectivity index (χ1) is 11.4. The van der Waals surface area contributed by atoms with E-state index >= 15 is 0 Å². The van der Waals surface area contributed by atoms with Gasteiger partial charge in [0, 0.05) is 17.4 Å². The first-order valence-corrected chi connectivity index (χ1v) is 8.86. The minimum atomic E-state index is 0.00916. The number of aliphatic imine (C=N–C) groups is 1. The summed E-state index contributed by atoms with van der Waals surface area (Å²) in [6.07, 6.45) is 0.861. The van der Waals surface area contributed by atoms with Crippen molar-refractivity contribution in [3.63, 3.8) is 0 Å². The molecule has 1 aliphatic rings. The van der Waals surface area contributed by atoms with Gasteiger partial charge in [-0.25, -0.2) is 4.99 Å². The summed E-state index contributed by atoms with van der Waals surface area (Å²) in [6, 6.07) is 8.13. The van der Waals surface area contributed by atoms with Crippen LogP contribution >= 0.6 is 11.3 Å². The molecule has 7 heteroatoms. The second kappa shape index (κ2) is 6.76. The van der Waals surface area contributed by atoms with Gasteiger partial charge in [0.15, 0.2) is 5.96 Å². The number of nitrogens with one attached hydrogen (secondary N) is 1. The van der Waals surface area contributed by atoms with Crippen LogP contribution in [-0.4, -0.2) is 22.8 Å². The number of ether oxygens (including phenoxy) is 1. The Morgan fingerprint density at radius 2 is 2.17 bits per heavy atom. The number of nitrogens with two attached hydrogens (primary N) is 1. The van der Waals surface area contributed by atoms with Crippen LogP contribution in [0.3, 0.4) is 0 Å². The lowest BCUT2D eigenvalue weighted by molar-refractivity contribution is 0.262. The van der Waals surface area contributed by atoms with Crippen molar-refractivity contribution in [3.05, 3.63) is 39.8 Å². The maximum Gasteiger partial charge on any atom is 0.189 e. The molecule has 0 saturated carbocycles. The second-order valence-corrected chi connectivity index (χ2v) is 7.89. The molecular formula is C17H23N5OS. The maximum absolute atomic E-state index is 6.06. The van der Waals surface area contributed by atoms with Crippen LogP contribution in [0, 0.1) is 0 Å². The van der Waals surface area contributed by atoms with Crippen molar-refractivity contribution in [2.45, 2.75) is 45.2 Å². The van der Waals surface area contributed by atoms with E-state index in [1.165, 1.54) is 0 Å². The minimum absolute atomic E-state index is 0.00916. The maximum atomic E-state index is 6.06. The van der Waals surface area contributed by atoms with Gasteiger partial charge in [-0.3, -0.25) is 0 Å². The van der Waals surface area contributed by atoms with Crippen LogP contribution in [0.4, 0.5) is 0 Å². The predicted octanol–water partition coefficient (Wildman–Crippen LogP) is 2.76. The Morgan fingerprint density at radius 1 is 1.38 bits per heavy atom. The predicted molar refractivity (Wildman–Crippen MR) is 96.4 cm³/mol. The monoisotopic (exact) mass is 345 g/mol. The topological polar surface area (TPSA) is 85.4 Å². The standard InChI is InChI=1S/C17H23N5OS/c1-17(2,3)15-22-21-14(24-15)10-19-16(18)20-12-8-9-23-13-7-5-4-6-11(12)13/h4-7,12H,8-10H2,1-3H3,(H3,18,19,20). The van der Waals surface area contributed by atoms with Crippen molar-refractivity contribution in [1.29, 1.82) is 0 Å². The molecule has 0 amide bonds. The minimum Gasteiger partial charge on any atom is -0.493 e. The van der Waals surface area contributed by atoms with Crippen molar-refractivity contribution in [1.82, 2.24) is 15.5 Å². The Labute approximate surface area is 146 Å². The number of nitrogens with zero attached hydrogens (tertiary/aromatic N) is 3. The average Bonchev–Trinajstić information content (AvgIpc) is 3.03. The molecule has 3 rings (SSSR count). The van der Waals surface area contributed by atoms with E-state index in [-0.39, 0.29) is 11.5 Å². The number of aromatic nitrogens is 2. The van der Waals surface area contributed by atoms with Crippen molar-refractivity contribution in [2.24, 2.45) is 10.7 Å². The molecular weight excluding hydrogens is 322 g/mol. The largest absolute Gasteiger partial charge is 0.493 e. The molecule has 1 unspecified atom stereocenters. The van der Waals surface area contributed by atoms with Crippen LogP contribution in [0.1, 0.15) is 48.8 Å². The van der Waals surface area contributed by atoms with Gasteiger partial charge < -0.3 is 15.8 Å². The molecule has 6 nitrogen and oxygen atoms in total. The molecule has 0 radical (unpaired) electrons. The van der Waals surface area contributed by atoms with Gasteiger partial charge in [-0.1, -0.05) is 50.3 Å². The van der Waals surface area contributed by atoms with Crippen LogP contribution in [-0.2, 0) is 12.0 Å². The van der Waals surface area contributed by atoms with Crippen LogP contribution in [0.15, 0.2) is 29.3 Å². The van der Waals surface area contributed by atoms with Crippen molar-refractivity contribution >= 4 is 17.3 Å². The number of fused-ring (bicyclic) bond motifs is 1. The number of hydrogen-bond donors (Lipinski definition) is 2. The summed E-state index contributed by atoms with van der Waals surface area (Å²) >= 11 is 1.58. The fourth-order valence-corrected chi connectivity index (χ4v) is 3.31. The summed E-state index contributed by atoms with van der Waals surface area (Å²) in [5.74, 6) is 1.33. The van der Waals surface area contributed by atoms with Gasteiger partial charge in [0.05, 0.1) is 19.2 Å². The fourth-order valence-electron chi connectivity index (χ4n) is 2.49. The van der Waals surface area contributed by atoms with Crippen LogP contribution < -0.4 is 15.8 Å². The summed E-state index contributed by atoms with van der Waals surface area (Å²) < 4.78 is 5.66. The van der Waals surface area contributed by atoms with Gasteiger partial charge in [0.2, 0.25) is 0 Å². The van der Waals surface area contributed by atoms with Crippen molar-refractivity contribution in [3.8, 4) is 5.75 Å². The van der Waals surface area contributed by atoms with Gasteiger partial charge in [-0.05, 0) is 6.07 Å². The Balaban J connectivity index is 1.64. The highest BCUT2D eigenvalue weighted by Gasteiger charge is 2.21. The number of rotatable bonds is 3. The SMILES string of the molecule is CC(C)(C)c1nnc(CN=C(N)NC2CCOc3ccccc32)s1. The molecule has 3 N–H and O–H groups in total. The molecule has 24 heavy (non-hydrogen) atoms. The molecule has 1 aromatic carbocycles. The van der Waals surface area contributed by atoms with E-state index in [1.54, 1.807) is 11.3 Å². The summed E-state index contributed by atoms with van der Waals surface area (Å²) in [7, 11) is 0. The molecule has 0 aliphatic carbocycles. The van der Waals surface area contributed by atoms with E-state index in [9.17, 15) is 0 Å². The molecule has 1 aliphatic heterocycles. The smallest absolute Gasteiger partial charge is 0.189 e. The average molecular weight is 345 g/mol. The lowest BCUT2D eigenvalue weighted by atomic mass is 9.98. The van der Waals surface area contributed by atoms with E-state index < -0.39 is 0 Å². The highest BCUT2D eigenvalue weighted by molar-refractivity contribution is 7.11. The first-order valence-electron chi connectivity index (χ1n) is 8.04.